The lowest BCUT2D eigenvalue weighted by molar-refractivity contribution is -0.384. The predicted octanol–water partition coefficient (Wildman–Crippen LogP) is 3.46. The number of hydrogen-bond donors (Lipinski definition) is 5. The highest BCUT2D eigenvalue weighted by molar-refractivity contribution is 5.83. The molecule has 45 heavy (non-hydrogen) atoms. The maximum Gasteiger partial charge on any atom is 0.269 e. The Morgan fingerprint density at radius 1 is 0.778 bits per heavy atom. The van der Waals surface area contributed by atoms with E-state index in [1.165, 1.54) is 35.4 Å². The highest BCUT2D eigenvalue weighted by Gasteiger charge is 2.23. The molecule has 0 spiro atoms. The fourth-order valence-electron chi connectivity index (χ4n) is 4.89. The van der Waals surface area contributed by atoms with E-state index < -0.39 is 29.6 Å². The van der Waals surface area contributed by atoms with Gasteiger partial charge in [-0.1, -0.05) is 60.7 Å². The van der Waals surface area contributed by atoms with Crippen molar-refractivity contribution in [1.82, 2.24) is 20.9 Å². The van der Waals surface area contributed by atoms with Crippen LogP contribution in [0.4, 0.5) is 5.69 Å². The average molecular weight is 620 g/mol. The van der Waals surface area contributed by atoms with Crippen molar-refractivity contribution in [2.24, 2.45) is 0 Å². The van der Waals surface area contributed by atoms with Gasteiger partial charge in [0, 0.05) is 44.6 Å². The standard InChI is InChI=1S/C34H45N5O6/c40-26-31(34(43)29-14-16-30(17-15-29)39(44)45)37-33(42)19-18-32(41)36-22-9-21-35-20-7-8-23-38(24-27-10-3-1-4-11-27)25-28-12-5-2-6-13-28/h1-6,10-17,31,34-35,40,43H,7-9,18-26H2,(H,36,41)(H,37,42)/t31-,34-/m1/s1. The largest absolute Gasteiger partial charge is 0.394 e. The minimum Gasteiger partial charge on any atom is -0.394 e. The van der Waals surface area contributed by atoms with Crippen molar-refractivity contribution in [2.45, 2.75) is 57.3 Å². The minimum absolute atomic E-state index is 0.0203. The Kier molecular flexibility index (Phi) is 15.7. The van der Waals surface area contributed by atoms with E-state index in [4.69, 9.17) is 0 Å². The number of non-ortho nitro benzene ring substituents is 1. The first-order chi connectivity index (χ1) is 21.9. The fraction of sp³-hybridized carbons (Fsp3) is 0.412. The zero-order valence-corrected chi connectivity index (χ0v) is 25.6. The summed E-state index contributed by atoms with van der Waals surface area (Å²) in [5.41, 5.74) is 2.80. The normalized spacial score (nSPS) is 12.4. The quantitative estimate of drug-likeness (QED) is 0.0689. The molecule has 3 rings (SSSR count). The number of carbonyl (C=O) groups excluding carboxylic acids is 2. The van der Waals surface area contributed by atoms with Crippen LogP contribution in [0, 0.1) is 10.1 Å². The zero-order chi connectivity index (χ0) is 32.3. The van der Waals surface area contributed by atoms with Crippen LogP contribution in [0.15, 0.2) is 84.9 Å². The fourth-order valence-corrected chi connectivity index (χ4v) is 4.89. The number of nitro benzene ring substituents is 1. The maximum absolute atomic E-state index is 12.3. The lowest BCUT2D eigenvalue weighted by Crippen LogP contribution is -2.42. The van der Waals surface area contributed by atoms with Gasteiger partial charge in [0.25, 0.3) is 5.69 Å². The molecule has 0 aliphatic rings. The van der Waals surface area contributed by atoms with E-state index in [9.17, 15) is 29.9 Å². The number of benzene rings is 3. The summed E-state index contributed by atoms with van der Waals surface area (Å²) in [6.45, 7) is 4.46. The van der Waals surface area contributed by atoms with Gasteiger partial charge in [-0.15, -0.1) is 0 Å². The second-order valence-corrected chi connectivity index (χ2v) is 11.0. The molecule has 5 N–H and O–H groups in total. The van der Waals surface area contributed by atoms with Gasteiger partial charge in [0.15, 0.2) is 0 Å². The summed E-state index contributed by atoms with van der Waals surface area (Å²) in [6, 6.07) is 25.3. The number of hydrogen-bond acceptors (Lipinski definition) is 8. The number of rotatable bonds is 21. The van der Waals surface area contributed by atoms with E-state index in [1.54, 1.807) is 0 Å². The highest BCUT2D eigenvalue weighted by Crippen LogP contribution is 2.20. The van der Waals surface area contributed by atoms with E-state index >= 15 is 0 Å². The van der Waals surface area contributed by atoms with Gasteiger partial charge < -0.3 is 26.2 Å². The van der Waals surface area contributed by atoms with Crippen molar-refractivity contribution in [1.29, 1.82) is 0 Å². The van der Waals surface area contributed by atoms with Crippen molar-refractivity contribution < 1.29 is 24.7 Å². The van der Waals surface area contributed by atoms with Gasteiger partial charge in [0.2, 0.25) is 11.8 Å². The molecular formula is C34H45N5O6. The number of nitro groups is 1. The molecule has 3 aromatic rings. The van der Waals surface area contributed by atoms with E-state index in [0.717, 1.165) is 52.0 Å². The van der Waals surface area contributed by atoms with Crippen molar-refractivity contribution >= 4 is 17.5 Å². The molecule has 0 heterocycles. The van der Waals surface area contributed by atoms with Crippen molar-refractivity contribution in [3.05, 3.63) is 112 Å². The maximum atomic E-state index is 12.3. The summed E-state index contributed by atoms with van der Waals surface area (Å²) in [5.74, 6) is -0.739. The third-order valence-electron chi connectivity index (χ3n) is 7.38. The SMILES string of the molecule is O=C(CCC(=O)N[C@H](CO)[C@H](O)c1ccc([N+](=O)[O-])cc1)NCCCNCCCCN(Cc1ccccc1)Cc1ccccc1. The van der Waals surface area contributed by atoms with Crippen LogP contribution in [0.25, 0.3) is 0 Å². The molecule has 0 unspecified atom stereocenters. The zero-order valence-electron chi connectivity index (χ0n) is 25.6. The van der Waals surface area contributed by atoms with Crippen LogP contribution in [0.5, 0.6) is 0 Å². The number of nitrogens with one attached hydrogen (secondary N) is 3. The van der Waals surface area contributed by atoms with Crippen molar-refractivity contribution in [3.8, 4) is 0 Å². The van der Waals surface area contributed by atoms with Gasteiger partial charge in [0.1, 0.15) is 6.10 Å². The van der Waals surface area contributed by atoms with Crippen LogP contribution in [0.3, 0.4) is 0 Å². The molecule has 0 radical (unpaired) electrons. The Balaban J connectivity index is 1.24. The van der Waals surface area contributed by atoms with E-state index in [0.29, 0.717) is 12.1 Å². The van der Waals surface area contributed by atoms with Crippen molar-refractivity contribution in [3.63, 3.8) is 0 Å². The monoisotopic (exact) mass is 619 g/mol. The first kappa shape index (κ1) is 35.3. The Labute approximate surface area is 264 Å². The summed E-state index contributed by atoms with van der Waals surface area (Å²) in [4.78, 5) is 37.2. The molecule has 2 atom stereocenters. The first-order valence-corrected chi connectivity index (χ1v) is 15.5. The summed E-state index contributed by atoms with van der Waals surface area (Å²) in [6.07, 6.45) is 1.51. The molecule has 0 saturated heterocycles. The second kappa shape index (κ2) is 20.0. The minimum atomic E-state index is -1.26. The molecule has 0 fully saturated rings. The Morgan fingerprint density at radius 3 is 1.93 bits per heavy atom. The lowest BCUT2D eigenvalue weighted by atomic mass is 10.0. The Morgan fingerprint density at radius 2 is 1.36 bits per heavy atom. The number of amides is 2. The summed E-state index contributed by atoms with van der Waals surface area (Å²) in [7, 11) is 0. The molecular weight excluding hydrogens is 574 g/mol. The van der Waals surface area contributed by atoms with Gasteiger partial charge in [-0.25, -0.2) is 0 Å². The highest BCUT2D eigenvalue weighted by atomic mass is 16.6. The average Bonchev–Trinajstić information content (AvgIpc) is 3.06. The summed E-state index contributed by atoms with van der Waals surface area (Å²) in [5, 5.41) is 39.7. The van der Waals surface area contributed by atoms with E-state index in [1.807, 2.05) is 12.1 Å². The topological polar surface area (TPSA) is 157 Å². The smallest absolute Gasteiger partial charge is 0.269 e. The lowest BCUT2D eigenvalue weighted by Gasteiger charge is -2.22. The van der Waals surface area contributed by atoms with Crippen LogP contribution in [0.1, 0.15) is 54.9 Å². The van der Waals surface area contributed by atoms with E-state index in [2.05, 4.69) is 69.4 Å². The predicted molar refractivity (Wildman–Crippen MR) is 173 cm³/mol. The van der Waals surface area contributed by atoms with Crippen LogP contribution in [-0.4, -0.2) is 70.7 Å². The molecule has 242 valence electrons. The number of carbonyl (C=O) groups is 2. The Bertz CT molecular complexity index is 1250. The first-order valence-electron chi connectivity index (χ1n) is 15.5. The summed E-state index contributed by atoms with van der Waals surface area (Å²) >= 11 is 0. The molecule has 0 aliphatic heterocycles. The molecule has 2 amide bonds. The van der Waals surface area contributed by atoms with Crippen LogP contribution in [0.2, 0.25) is 0 Å². The van der Waals surface area contributed by atoms with Gasteiger partial charge >= 0.3 is 0 Å². The number of aliphatic hydroxyl groups excluding tert-OH is 2. The third-order valence-corrected chi connectivity index (χ3v) is 7.38. The molecule has 3 aromatic carbocycles. The number of aliphatic hydroxyl groups is 2. The van der Waals surface area contributed by atoms with Crippen LogP contribution >= 0.6 is 0 Å². The van der Waals surface area contributed by atoms with Gasteiger partial charge in [-0.05, 0) is 67.7 Å². The van der Waals surface area contributed by atoms with E-state index in [-0.39, 0.29) is 24.4 Å². The number of nitrogens with zero attached hydrogens (tertiary/aromatic N) is 2. The summed E-state index contributed by atoms with van der Waals surface area (Å²) < 4.78 is 0. The molecule has 11 nitrogen and oxygen atoms in total. The van der Waals surface area contributed by atoms with Crippen LogP contribution in [-0.2, 0) is 22.7 Å². The molecule has 11 heteroatoms. The molecule has 0 bridgehead atoms. The molecule has 0 aromatic heterocycles. The number of unbranched alkanes of at least 4 members (excludes halogenated alkanes) is 1. The Hall–Kier alpha value is -4.16. The van der Waals surface area contributed by atoms with Crippen LogP contribution < -0.4 is 16.0 Å². The van der Waals surface area contributed by atoms with Gasteiger partial charge in [-0.3, -0.25) is 24.6 Å². The molecule has 0 aliphatic carbocycles. The van der Waals surface area contributed by atoms with Crippen molar-refractivity contribution in [2.75, 3.05) is 32.8 Å². The van der Waals surface area contributed by atoms with Gasteiger partial charge in [-0.2, -0.15) is 0 Å². The van der Waals surface area contributed by atoms with Gasteiger partial charge in [0.05, 0.1) is 17.6 Å². The second-order valence-electron chi connectivity index (χ2n) is 11.0. The third kappa shape index (κ3) is 13.6. The molecule has 0 saturated carbocycles.